The Morgan fingerprint density at radius 2 is 2.04 bits per heavy atom. The summed E-state index contributed by atoms with van der Waals surface area (Å²) in [5.41, 5.74) is 1.13. The van der Waals surface area contributed by atoms with Gasteiger partial charge >= 0.3 is 0 Å². The van der Waals surface area contributed by atoms with Crippen molar-refractivity contribution in [2.75, 3.05) is 27.2 Å². The van der Waals surface area contributed by atoms with Gasteiger partial charge in [-0.05, 0) is 24.7 Å². The summed E-state index contributed by atoms with van der Waals surface area (Å²) < 4.78 is 0. The van der Waals surface area contributed by atoms with Crippen molar-refractivity contribution in [2.24, 2.45) is 10.9 Å². The summed E-state index contributed by atoms with van der Waals surface area (Å²) >= 11 is 1.66. The van der Waals surface area contributed by atoms with Gasteiger partial charge in [-0.1, -0.05) is 33.1 Å². The molecule has 6 nitrogen and oxygen atoms in total. The van der Waals surface area contributed by atoms with Crippen molar-refractivity contribution in [2.45, 2.75) is 58.4 Å². The Bertz CT molecular complexity index is 591. The minimum Gasteiger partial charge on any atom is -0.356 e. The van der Waals surface area contributed by atoms with E-state index in [0.29, 0.717) is 24.3 Å². The minimum atomic E-state index is 0.000101. The molecule has 0 aromatic carbocycles. The van der Waals surface area contributed by atoms with E-state index in [1.54, 1.807) is 30.3 Å². The number of thiazole rings is 1. The number of carbonyl (C=O) groups excluding carboxylic acids is 1. The summed E-state index contributed by atoms with van der Waals surface area (Å²) in [6, 6.07) is 0. The van der Waals surface area contributed by atoms with E-state index >= 15 is 0 Å². The van der Waals surface area contributed by atoms with Crippen molar-refractivity contribution >= 4 is 23.2 Å². The fourth-order valence-electron chi connectivity index (χ4n) is 2.93. The Hall–Kier alpha value is -1.63. The minimum absolute atomic E-state index is 0.000101. The molecule has 1 aliphatic rings. The number of nitrogens with zero attached hydrogens (tertiary/aromatic N) is 3. The number of hydrogen-bond acceptors (Lipinski definition) is 4. The lowest BCUT2D eigenvalue weighted by atomic mass is 9.89. The normalized spacial score (nSPS) is 16.0. The zero-order chi connectivity index (χ0) is 18.9. The number of likely N-dealkylation sites (N-methyl/N-ethyl adjacent to an activating group) is 1. The highest BCUT2D eigenvalue weighted by Gasteiger charge is 2.14. The van der Waals surface area contributed by atoms with Gasteiger partial charge in [-0.15, -0.1) is 11.3 Å². The van der Waals surface area contributed by atoms with Crippen LogP contribution in [0.1, 0.15) is 62.6 Å². The molecule has 7 heteroatoms. The first-order valence-corrected chi connectivity index (χ1v) is 10.5. The van der Waals surface area contributed by atoms with Gasteiger partial charge in [0, 0.05) is 26.0 Å². The van der Waals surface area contributed by atoms with Crippen LogP contribution in [0.25, 0.3) is 0 Å². The lowest BCUT2D eigenvalue weighted by Gasteiger charge is -2.23. The quantitative estimate of drug-likeness (QED) is 0.564. The van der Waals surface area contributed by atoms with Crippen LogP contribution in [0.2, 0.25) is 0 Å². The second-order valence-corrected chi connectivity index (χ2v) is 8.45. The third-order valence-electron chi connectivity index (χ3n) is 4.72. The van der Waals surface area contributed by atoms with E-state index in [9.17, 15) is 4.79 Å². The highest BCUT2D eigenvalue weighted by atomic mass is 32.1. The number of guanidine groups is 1. The Kier molecular flexibility index (Phi) is 8.35. The first kappa shape index (κ1) is 20.7. The van der Waals surface area contributed by atoms with Crippen LogP contribution in [0.15, 0.2) is 10.4 Å². The topological polar surface area (TPSA) is 69.6 Å². The molecule has 1 amide bonds. The first-order chi connectivity index (χ1) is 12.5. The Morgan fingerprint density at radius 3 is 2.65 bits per heavy atom. The predicted octanol–water partition coefficient (Wildman–Crippen LogP) is 2.97. The van der Waals surface area contributed by atoms with E-state index < -0.39 is 0 Å². The molecule has 1 aliphatic carbocycles. The van der Waals surface area contributed by atoms with Crippen molar-refractivity contribution in [3.05, 3.63) is 16.1 Å². The molecule has 0 radical (unpaired) electrons. The fourth-order valence-corrected chi connectivity index (χ4v) is 3.82. The van der Waals surface area contributed by atoms with Gasteiger partial charge < -0.3 is 15.5 Å². The van der Waals surface area contributed by atoms with E-state index in [2.05, 4.69) is 39.8 Å². The molecule has 0 aliphatic heterocycles. The molecule has 1 aromatic heterocycles. The number of rotatable bonds is 7. The molecule has 1 aromatic rings. The van der Waals surface area contributed by atoms with Crippen molar-refractivity contribution in [1.82, 2.24) is 20.5 Å². The van der Waals surface area contributed by atoms with Gasteiger partial charge in [0.15, 0.2) is 5.96 Å². The second-order valence-electron chi connectivity index (χ2n) is 7.51. The van der Waals surface area contributed by atoms with Crippen LogP contribution >= 0.6 is 11.3 Å². The monoisotopic (exact) mass is 379 g/mol. The lowest BCUT2D eigenvalue weighted by molar-refractivity contribution is -0.127. The van der Waals surface area contributed by atoms with E-state index in [1.807, 2.05) is 0 Å². The second kappa shape index (κ2) is 10.5. The van der Waals surface area contributed by atoms with Gasteiger partial charge in [-0.25, -0.2) is 9.98 Å². The third-order valence-corrected chi connectivity index (χ3v) is 5.59. The summed E-state index contributed by atoms with van der Waals surface area (Å²) in [6.45, 7) is 6.00. The van der Waals surface area contributed by atoms with Gasteiger partial charge in [-0.3, -0.25) is 4.79 Å². The van der Waals surface area contributed by atoms with Gasteiger partial charge in [0.2, 0.25) is 5.91 Å². The number of carbonyl (C=O) groups is 1. The highest BCUT2D eigenvalue weighted by Crippen LogP contribution is 2.22. The average Bonchev–Trinajstić information content (AvgIpc) is 3.11. The van der Waals surface area contributed by atoms with E-state index in [0.717, 1.165) is 17.2 Å². The molecule has 0 spiro atoms. The molecule has 1 fully saturated rings. The molecular formula is C19H33N5OS. The molecular weight excluding hydrogens is 346 g/mol. The summed E-state index contributed by atoms with van der Waals surface area (Å²) in [5.74, 6) is 1.84. The third kappa shape index (κ3) is 6.94. The maximum atomic E-state index is 11.9. The number of aliphatic imine (C=N–C) groups is 1. The van der Waals surface area contributed by atoms with E-state index in [1.165, 1.54) is 32.1 Å². The van der Waals surface area contributed by atoms with E-state index in [-0.39, 0.29) is 12.5 Å². The summed E-state index contributed by atoms with van der Waals surface area (Å²) in [5, 5.41) is 9.92. The number of hydrogen-bond donors (Lipinski definition) is 2. The zero-order valence-corrected chi connectivity index (χ0v) is 17.4. The Labute approximate surface area is 161 Å². The maximum Gasteiger partial charge on any atom is 0.243 e. The molecule has 0 bridgehead atoms. The molecule has 0 unspecified atom stereocenters. The van der Waals surface area contributed by atoms with Gasteiger partial charge in [-0.2, -0.15) is 0 Å². The Balaban J connectivity index is 1.91. The van der Waals surface area contributed by atoms with Crippen molar-refractivity contribution in [3.63, 3.8) is 0 Å². The molecule has 2 N–H and O–H groups in total. The Morgan fingerprint density at radius 1 is 1.31 bits per heavy atom. The zero-order valence-electron chi connectivity index (χ0n) is 16.5. The molecule has 0 saturated heterocycles. The molecule has 0 atom stereocenters. The van der Waals surface area contributed by atoms with Crippen LogP contribution in [0.4, 0.5) is 0 Å². The largest absolute Gasteiger partial charge is 0.356 e. The number of nitrogens with one attached hydrogen (secondary N) is 2. The maximum absolute atomic E-state index is 11.9. The molecule has 1 saturated carbocycles. The number of aromatic nitrogens is 1. The summed E-state index contributed by atoms with van der Waals surface area (Å²) in [4.78, 5) is 22.5. The van der Waals surface area contributed by atoms with Crippen LogP contribution in [-0.2, 0) is 11.3 Å². The highest BCUT2D eigenvalue weighted by molar-refractivity contribution is 7.09. The van der Waals surface area contributed by atoms with Crippen molar-refractivity contribution < 1.29 is 4.79 Å². The molecule has 26 heavy (non-hydrogen) atoms. The average molecular weight is 380 g/mol. The summed E-state index contributed by atoms with van der Waals surface area (Å²) in [7, 11) is 3.51. The molecule has 1 heterocycles. The number of amides is 1. The van der Waals surface area contributed by atoms with Crippen molar-refractivity contribution in [3.8, 4) is 0 Å². The smallest absolute Gasteiger partial charge is 0.243 e. The summed E-state index contributed by atoms with van der Waals surface area (Å²) in [6.07, 6.45) is 6.56. The lowest BCUT2D eigenvalue weighted by Crippen LogP contribution is -2.40. The SMILES string of the molecule is CC(C)c1csc(CNC(=NCC(=O)N(C)C)NCC2CCCCC2)n1. The molecule has 2 rings (SSSR count). The molecule has 146 valence electrons. The van der Waals surface area contributed by atoms with Crippen LogP contribution < -0.4 is 10.6 Å². The first-order valence-electron chi connectivity index (χ1n) is 9.62. The van der Waals surface area contributed by atoms with Crippen LogP contribution in [0.3, 0.4) is 0 Å². The fraction of sp³-hybridized carbons (Fsp3) is 0.737. The van der Waals surface area contributed by atoms with Crippen LogP contribution in [-0.4, -0.2) is 48.9 Å². The van der Waals surface area contributed by atoms with Gasteiger partial charge in [0.25, 0.3) is 0 Å². The van der Waals surface area contributed by atoms with Crippen molar-refractivity contribution in [1.29, 1.82) is 0 Å². The standard InChI is InChI=1S/C19H33N5OS/c1-14(2)16-13-26-17(23-16)11-21-19(22-12-18(25)24(3)4)20-10-15-8-6-5-7-9-15/h13-15H,5-12H2,1-4H3,(H2,20,21,22). The van der Waals surface area contributed by atoms with Crippen LogP contribution in [0.5, 0.6) is 0 Å². The van der Waals surface area contributed by atoms with Gasteiger partial charge in [0.05, 0.1) is 12.2 Å². The van der Waals surface area contributed by atoms with E-state index in [4.69, 9.17) is 0 Å². The predicted molar refractivity (Wildman–Crippen MR) is 109 cm³/mol. The van der Waals surface area contributed by atoms with Gasteiger partial charge in [0.1, 0.15) is 11.6 Å². The van der Waals surface area contributed by atoms with Crippen LogP contribution in [0, 0.1) is 5.92 Å².